The van der Waals surface area contributed by atoms with Gasteiger partial charge in [0.1, 0.15) is 8.07 Å². The Hall–Kier alpha value is -5.90. The molecule has 49 heavy (non-hydrogen) atoms. The molecule has 9 rings (SSSR count). The second kappa shape index (κ2) is 11.4. The molecular formula is C46H36N2Si. The van der Waals surface area contributed by atoms with Crippen LogP contribution in [-0.4, -0.2) is 17.2 Å². The minimum Gasteiger partial charge on any atom is -0.309 e. The summed E-state index contributed by atoms with van der Waals surface area (Å²) in [5.74, 6) is 0. The van der Waals surface area contributed by atoms with Gasteiger partial charge >= 0.3 is 0 Å². The molecule has 0 amide bonds. The van der Waals surface area contributed by atoms with Gasteiger partial charge in [-0.1, -0.05) is 157 Å². The minimum atomic E-state index is -2.19. The van der Waals surface area contributed by atoms with Crippen LogP contribution in [0.15, 0.2) is 170 Å². The van der Waals surface area contributed by atoms with Crippen LogP contribution in [0.1, 0.15) is 5.56 Å². The molecule has 0 radical (unpaired) electrons. The number of rotatable bonds is 6. The van der Waals surface area contributed by atoms with Gasteiger partial charge in [0.25, 0.3) is 0 Å². The lowest BCUT2D eigenvalue weighted by Crippen LogP contribution is -2.53. The Kier molecular flexibility index (Phi) is 6.78. The second-order valence-corrected chi connectivity index (χ2v) is 17.9. The molecule has 0 aliphatic rings. The fourth-order valence-electron chi connectivity index (χ4n) is 7.67. The van der Waals surface area contributed by atoms with Crippen molar-refractivity contribution in [2.75, 3.05) is 0 Å². The third kappa shape index (κ3) is 4.69. The molecule has 2 aromatic heterocycles. The SMILES string of the molecule is C=Cc1ccc(-c2ccc([Si](C)(C)c3cc(-n4c5ccccc5c5ccccc54)cc(-n4c5ccccc5c5ccccc54)c3)cc2)cc1. The van der Waals surface area contributed by atoms with Gasteiger partial charge in [-0.15, -0.1) is 0 Å². The van der Waals surface area contributed by atoms with Gasteiger partial charge in [-0.05, 0) is 59.2 Å². The van der Waals surface area contributed by atoms with E-state index in [1.165, 1.54) is 76.5 Å². The molecule has 0 fully saturated rings. The summed E-state index contributed by atoms with van der Waals surface area (Å²) in [7, 11) is -2.19. The van der Waals surface area contributed by atoms with Crippen molar-refractivity contribution in [3.8, 4) is 22.5 Å². The van der Waals surface area contributed by atoms with E-state index in [4.69, 9.17) is 0 Å². The van der Waals surface area contributed by atoms with Crippen LogP contribution >= 0.6 is 0 Å². The topological polar surface area (TPSA) is 9.86 Å². The highest BCUT2D eigenvalue weighted by molar-refractivity contribution is 7.00. The van der Waals surface area contributed by atoms with Crippen LogP contribution in [0.3, 0.4) is 0 Å². The van der Waals surface area contributed by atoms with Gasteiger partial charge < -0.3 is 9.13 Å². The lowest BCUT2D eigenvalue weighted by Gasteiger charge is -2.26. The van der Waals surface area contributed by atoms with Crippen molar-refractivity contribution in [1.29, 1.82) is 0 Å². The summed E-state index contributed by atoms with van der Waals surface area (Å²) in [6, 6.07) is 60.4. The number of benzene rings is 7. The summed E-state index contributed by atoms with van der Waals surface area (Å²) in [5, 5.41) is 7.90. The highest BCUT2D eigenvalue weighted by atomic mass is 28.3. The van der Waals surface area contributed by atoms with Gasteiger partial charge in [-0.25, -0.2) is 0 Å². The summed E-state index contributed by atoms with van der Waals surface area (Å²) in [6.07, 6.45) is 1.89. The van der Waals surface area contributed by atoms with E-state index in [0.717, 1.165) is 5.56 Å². The molecule has 0 aliphatic carbocycles. The van der Waals surface area contributed by atoms with Crippen molar-refractivity contribution < 1.29 is 0 Å². The van der Waals surface area contributed by atoms with Gasteiger partial charge in [0.2, 0.25) is 0 Å². The standard InChI is InChI=1S/C46H36N2Si/c1-4-32-21-23-33(24-22-32)34-25-27-37(28-26-34)49(2,3)38-30-35(47-43-17-9-5-13-39(43)40-14-6-10-18-44(40)47)29-36(31-38)48-45-19-11-7-15-41(45)42-16-8-12-20-46(42)48/h4-31H,1H2,2-3H3. The zero-order valence-corrected chi connectivity index (χ0v) is 28.8. The minimum absolute atomic E-state index is 1.14. The van der Waals surface area contributed by atoms with Crippen molar-refractivity contribution in [2.24, 2.45) is 0 Å². The predicted octanol–water partition coefficient (Wildman–Crippen LogP) is 11.0. The molecule has 2 nitrogen and oxygen atoms in total. The maximum atomic E-state index is 3.91. The van der Waals surface area contributed by atoms with Crippen molar-refractivity contribution >= 4 is 68.1 Å². The summed E-state index contributed by atoms with van der Waals surface area (Å²) < 4.78 is 4.93. The first-order chi connectivity index (χ1) is 24.0. The van der Waals surface area contributed by atoms with E-state index < -0.39 is 8.07 Å². The van der Waals surface area contributed by atoms with E-state index >= 15 is 0 Å². The van der Waals surface area contributed by atoms with Gasteiger partial charge in [0.05, 0.1) is 22.1 Å². The highest BCUT2D eigenvalue weighted by Crippen LogP contribution is 2.35. The van der Waals surface area contributed by atoms with Gasteiger partial charge in [-0.2, -0.15) is 0 Å². The number of hydrogen-bond donors (Lipinski definition) is 0. The fraction of sp³-hybridized carbons (Fsp3) is 0.0435. The highest BCUT2D eigenvalue weighted by Gasteiger charge is 2.28. The molecule has 7 aromatic carbocycles. The monoisotopic (exact) mass is 644 g/mol. The zero-order chi connectivity index (χ0) is 33.1. The Labute approximate surface area is 287 Å². The average Bonchev–Trinajstić information content (AvgIpc) is 3.68. The molecule has 0 unspecified atom stereocenters. The molecule has 0 saturated heterocycles. The Bertz CT molecular complexity index is 2450. The van der Waals surface area contributed by atoms with Crippen LogP contribution in [0.5, 0.6) is 0 Å². The average molecular weight is 645 g/mol. The Balaban J connectivity index is 1.29. The number of aromatic nitrogens is 2. The van der Waals surface area contributed by atoms with E-state index in [-0.39, 0.29) is 0 Å². The molecule has 0 atom stereocenters. The Morgan fingerprint density at radius 1 is 0.429 bits per heavy atom. The fourth-order valence-corrected chi connectivity index (χ4v) is 10.0. The third-order valence-electron chi connectivity index (χ3n) is 10.4. The summed E-state index contributed by atoms with van der Waals surface area (Å²) in [5.41, 5.74) is 10.8. The number of hydrogen-bond acceptors (Lipinski definition) is 0. The van der Waals surface area contributed by atoms with E-state index in [2.05, 4.69) is 193 Å². The quantitative estimate of drug-likeness (QED) is 0.159. The van der Waals surface area contributed by atoms with Crippen LogP contribution in [0.2, 0.25) is 13.1 Å². The lowest BCUT2D eigenvalue weighted by molar-refractivity contribution is 1.14. The van der Waals surface area contributed by atoms with E-state index in [0.29, 0.717) is 0 Å². The van der Waals surface area contributed by atoms with Gasteiger partial charge in [0, 0.05) is 32.9 Å². The second-order valence-electron chi connectivity index (χ2n) is 13.5. The molecular weight excluding hydrogens is 609 g/mol. The predicted molar refractivity (Wildman–Crippen MR) is 214 cm³/mol. The first-order valence-electron chi connectivity index (χ1n) is 17.0. The lowest BCUT2D eigenvalue weighted by atomic mass is 10.0. The van der Waals surface area contributed by atoms with Crippen LogP contribution in [0.4, 0.5) is 0 Å². The molecule has 3 heteroatoms. The first-order valence-corrected chi connectivity index (χ1v) is 20.0. The van der Waals surface area contributed by atoms with Crippen molar-refractivity contribution in [3.05, 3.63) is 176 Å². The van der Waals surface area contributed by atoms with E-state index in [1.54, 1.807) is 0 Å². The van der Waals surface area contributed by atoms with E-state index in [9.17, 15) is 0 Å². The van der Waals surface area contributed by atoms with Crippen LogP contribution in [0, 0.1) is 0 Å². The Morgan fingerprint density at radius 3 is 1.18 bits per heavy atom. The summed E-state index contributed by atoms with van der Waals surface area (Å²) in [6.45, 7) is 8.88. The molecule has 0 saturated carbocycles. The summed E-state index contributed by atoms with van der Waals surface area (Å²) >= 11 is 0. The van der Waals surface area contributed by atoms with Gasteiger partial charge in [-0.3, -0.25) is 0 Å². The number of fused-ring (bicyclic) bond motifs is 6. The van der Waals surface area contributed by atoms with E-state index in [1.807, 2.05) is 6.08 Å². The van der Waals surface area contributed by atoms with Gasteiger partial charge in [0.15, 0.2) is 0 Å². The van der Waals surface area contributed by atoms with Crippen molar-refractivity contribution in [3.63, 3.8) is 0 Å². The number of para-hydroxylation sites is 4. The molecule has 2 heterocycles. The van der Waals surface area contributed by atoms with Crippen LogP contribution in [-0.2, 0) is 0 Å². The molecule has 9 aromatic rings. The molecule has 234 valence electrons. The summed E-state index contributed by atoms with van der Waals surface area (Å²) in [4.78, 5) is 0. The third-order valence-corrected chi connectivity index (χ3v) is 13.9. The van der Waals surface area contributed by atoms with Crippen LogP contribution in [0.25, 0.3) is 72.2 Å². The molecule has 0 aliphatic heterocycles. The molecule has 0 spiro atoms. The maximum absolute atomic E-state index is 3.91. The first kappa shape index (κ1) is 29.3. The smallest absolute Gasteiger partial charge is 0.112 e. The maximum Gasteiger partial charge on any atom is 0.112 e. The molecule has 0 bridgehead atoms. The van der Waals surface area contributed by atoms with Crippen molar-refractivity contribution in [2.45, 2.75) is 13.1 Å². The zero-order valence-electron chi connectivity index (χ0n) is 27.8. The normalized spacial score (nSPS) is 12.0. The Morgan fingerprint density at radius 2 is 0.796 bits per heavy atom. The largest absolute Gasteiger partial charge is 0.309 e. The number of nitrogens with zero attached hydrogens (tertiary/aromatic N) is 2. The van der Waals surface area contributed by atoms with Crippen LogP contribution < -0.4 is 10.4 Å². The van der Waals surface area contributed by atoms with Crippen molar-refractivity contribution in [1.82, 2.24) is 9.13 Å². The molecule has 0 N–H and O–H groups in total.